The Bertz CT molecular complexity index is 1130. The highest BCUT2D eigenvalue weighted by molar-refractivity contribution is 6.02. The molecule has 12 heteroatoms. The van der Waals surface area contributed by atoms with Gasteiger partial charge in [0.25, 0.3) is 5.91 Å². The molecule has 9 nitrogen and oxygen atoms in total. The quantitative estimate of drug-likeness (QED) is 0.575. The Morgan fingerprint density at radius 3 is 2.69 bits per heavy atom. The third kappa shape index (κ3) is 4.53. The molecule has 3 aromatic heterocycles. The van der Waals surface area contributed by atoms with E-state index in [0.29, 0.717) is 11.5 Å². The fraction of sp³-hybridized carbons (Fsp3) is 0.400. The lowest BCUT2D eigenvalue weighted by atomic mass is 10.2. The monoisotopic (exact) mass is 450 g/mol. The molecule has 170 valence electrons. The molecule has 1 aliphatic carbocycles. The first-order valence-corrected chi connectivity index (χ1v) is 9.95. The van der Waals surface area contributed by atoms with Gasteiger partial charge in [-0.3, -0.25) is 19.0 Å². The molecule has 2 amide bonds. The SMILES string of the molecule is CC(C(=O)Nc1cn(C)nc1C(=O)NCc1ccco1)n1nc(C(F)(F)F)cc1C1CC1. The zero-order valence-corrected chi connectivity index (χ0v) is 17.3. The molecule has 4 rings (SSSR count). The summed E-state index contributed by atoms with van der Waals surface area (Å²) in [6.45, 7) is 1.59. The minimum Gasteiger partial charge on any atom is -0.467 e. The molecule has 1 fully saturated rings. The van der Waals surface area contributed by atoms with Crippen molar-refractivity contribution in [1.29, 1.82) is 0 Å². The number of aryl methyl sites for hydroxylation is 1. The van der Waals surface area contributed by atoms with Crippen molar-refractivity contribution < 1.29 is 27.2 Å². The van der Waals surface area contributed by atoms with Crippen molar-refractivity contribution in [2.75, 3.05) is 5.32 Å². The molecular formula is C20H21F3N6O3. The topological polar surface area (TPSA) is 107 Å². The van der Waals surface area contributed by atoms with Crippen LogP contribution in [0.2, 0.25) is 0 Å². The first-order valence-electron chi connectivity index (χ1n) is 9.95. The van der Waals surface area contributed by atoms with Crippen LogP contribution >= 0.6 is 0 Å². The molecule has 32 heavy (non-hydrogen) atoms. The number of nitrogens with zero attached hydrogens (tertiary/aromatic N) is 4. The molecule has 0 saturated heterocycles. The van der Waals surface area contributed by atoms with Gasteiger partial charge in [-0.05, 0) is 38.0 Å². The minimum atomic E-state index is -4.60. The number of aromatic nitrogens is 4. The molecule has 1 aliphatic rings. The van der Waals surface area contributed by atoms with Crippen molar-refractivity contribution in [1.82, 2.24) is 24.9 Å². The fourth-order valence-electron chi connectivity index (χ4n) is 3.30. The number of anilines is 1. The van der Waals surface area contributed by atoms with E-state index in [2.05, 4.69) is 20.8 Å². The average molecular weight is 450 g/mol. The first-order chi connectivity index (χ1) is 15.1. The van der Waals surface area contributed by atoms with E-state index >= 15 is 0 Å². The van der Waals surface area contributed by atoms with Crippen molar-refractivity contribution >= 4 is 17.5 Å². The largest absolute Gasteiger partial charge is 0.467 e. The summed E-state index contributed by atoms with van der Waals surface area (Å²) < 4.78 is 47.1. The second-order valence-electron chi connectivity index (χ2n) is 7.66. The second-order valence-corrected chi connectivity index (χ2v) is 7.66. The van der Waals surface area contributed by atoms with Crippen LogP contribution in [0, 0.1) is 0 Å². The fourth-order valence-corrected chi connectivity index (χ4v) is 3.30. The standard InChI is InChI=1S/C20H21F3N6O3/c1-11(29-15(12-5-6-12)8-16(26-29)20(21,22)23)18(30)25-14-10-28(2)27-17(14)19(31)24-9-13-4-3-7-32-13/h3-4,7-8,10-12H,5-6,9H2,1-2H3,(H,24,31)(H,25,30). The predicted octanol–water partition coefficient (Wildman–Crippen LogP) is 3.24. The normalized spacial score (nSPS) is 14.9. The lowest BCUT2D eigenvalue weighted by molar-refractivity contribution is -0.141. The third-order valence-corrected chi connectivity index (χ3v) is 5.10. The number of rotatable bonds is 7. The van der Waals surface area contributed by atoms with Crippen LogP contribution in [0.3, 0.4) is 0 Å². The maximum Gasteiger partial charge on any atom is 0.435 e. The van der Waals surface area contributed by atoms with Crippen molar-refractivity contribution in [3.05, 3.63) is 53.5 Å². The summed E-state index contributed by atoms with van der Waals surface area (Å²) in [6.07, 6.45) is -0.184. The van der Waals surface area contributed by atoms with Gasteiger partial charge in [0.15, 0.2) is 11.4 Å². The highest BCUT2D eigenvalue weighted by Crippen LogP contribution is 2.43. The highest BCUT2D eigenvalue weighted by atomic mass is 19.4. The van der Waals surface area contributed by atoms with E-state index in [1.807, 2.05) is 0 Å². The van der Waals surface area contributed by atoms with Gasteiger partial charge in [0, 0.05) is 24.9 Å². The molecule has 0 bridgehead atoms. The van der Waals surface area contributed by atoms with Gasteiger partial charge < -0.3 is 15.1 Å². The van der Waals surface area contributed by atoms with Crippen LogP contribution in [0.25, 0.3) is 0 Å². The van der Waals surface area contributed by atoms with Crippen LogP contribution < -0.4 is 10.6 Å². The Hall–Kier alpha value is -3.57. The first kappa shape index (κ1) is 21.7. The van der Waals surface area contributed by atoms with E-state index in [9.17, 15) is 22.8 Å². The summed E-state index contributed by atoms with van der Waals surface area (Å²) in [7, 11) is 1.58. The van der Waals surface area contributed by atoms with E-state index in [0.717, 1.165) is 23.6 Å². The summed E-state index contributed by atoms with van der Waals surface area (Å²) in [5.74, 6) is -0.658. The number of furan rings is 1. The van der Waals surface area contributed by atoms with Crippen LogP contribution in [-0.4, -0.2) is 31.4 Å². The smallest absolute Gasteiger partial charge is 0.435 e. The summed E-state index contributed by atoms with van der Waals surface area (Å²) in [4.78, 5) is 25.4. The van der Waals surface area contributed by atoms with Crippen LogP contribution in [0.4, 0.5) is 18.9 Å². The van der Waals surface area contributed by atoms with Gasteiger partial charge in [0.1, 0.15) is 11.8 Å². The van der Waals surface area contributed by atoms with E-state index in [4.69, 9.17) is 4.42 Å². The molecule has 2 N–H and O–H groups in total. The van der Waals surface area contributed by atoms with Gasteiger partial charge in [0.2, 0.25) is 5.91 Å². The molecule has 3 aromatic rings. The molecule has 1 saturated carbocycles. The maximum absolute atomic E-state index is 13.2. The Morgan fingerprint density at radius 1 is 1.31 bits per heavy atom. The van der Waals surface area contributed by atoms with E-state index in [1.165, 1.54) is 24.1 Å². The number of alkyl halides is 3. The highest BCUT2D eigenvalue weighted by Gasteiger charge is 2.39. The third-order valence-electron chi connectivity index (χ3n) is 5.10. The van der Waals surface area contributed by atoms with Crippen molar-refractivity contribution in [2.45, 2.75) is 44.4 Å². The molecule has 0 spiro atoms. The van der Waals surface area contributed by atoms with Gasteiger partial charge in [0.05, 0.1) is 18.5 Å². The number of carbonyl (C=O) groups is 2. The van der Waals surface area contributed by atoms with Gasteiger partial charge in [-0.25, -0.2) is 0 Å². The zero-order chi connectivity index (χ0) is 23.0. The number of hydrogen-bond acceptors (Lipinski definition) is 5. The molecule has 1 atom stereocenters. The maximum atomic E-state index is 13.2. The molecule has 0 aliphatic heterocycles. The lowest BCUT2D eigenvalue weighted by Crippen LogP contribution is -2.28. The minimum absolute atomic E-state index is 0.0292. The number of nitrogens with one attached hydrogen (secondary N) is 2. The van der Waals surface area contributed by atoms with Crippen molar-refractivity contribution in [3.8, 4) is 0 Å². The Labute approximate surface area is 180 Å². The summed E-state index contributed by atoms with van der Waals surface area (Å²) in [6, 6.07) is 3.35. The van der Waals surface area contributed by atoms with Gasteiger partial charge in [-0.15, -0.1) is 0 Å². The summed E-state index contributed by atoms with van der Waals surface area (Å²) in [5, 5.41) is 13.0. The number of carbonyl (C=O) groups excluding carboxylic acids is 2. The van der Waals surface area contributed by atoms with Crippen molar-refractivity contribution in [2.24, 2.45) is 7.05 Å². The molecule has 1 unspecified atom stereocenters. The number of amides is 2. The van der Waals surface area contributed by atoms with Crippen LogP contribution in [0.15, 0.2) is 35.1 Å². The molecular weight excluding hydrogens is 429 g/mol. The van der Waals surface area contributed by atoms with E-state index in [1.54, 1.807) is 19.2 Å². The second kappa shape index (κ2) is 8.17. The van der Waals surface area contributed by atoms with Crippen LogP contribution in [0.5, 0.6) is 0 Å². The van der Waals surface area contributed by atoms with Gasteiger partial charge in [-0.2, -0.15) is 23.4 Å². The zero-order valence-electron chi connectivity index (χ0n) is 17.3. The lowest BCUT2D eigenvalue weighted by Gasteiger charge is -2.15. The number of hydrogen-bond donors (Lipinski definition) is 2. The Kier molecular flexibility index (Phi) is 5.53. The van der Waals surface area contributed by atoms with E-state index in [-0.39, 0.29) is 23.8 Å². The molecule has 0 aromatic carbocycles. The van der Waals surface area contributed by atoms with E-state index < -0.39 is 29.7 Å². The summed E-state index contributed by atoms with van der Waals surface area (Å²) >= 11 is 0. The van der Waals surface area contributed by atoms with Crippen LogP contribution in [-0.2, 0) is 24.6 Å². The Morgan fingerprint density at radius 2 is 2.06 bits per heavy atom. The van der Waals surface area contributed by atoms with Crippen molar-refractivity contribution in [3.63, 3.8) is 0 Å². The average Bonchev–Trinajstić information content (AvgIpc) is 3.13. The Balaban J connectivity index is 1.51. The van der Waals surface area contributed by atoms with Gasteiger partial charge >= 0.3 is 6.18 Å². The molecule has 3 heterocycles. The summed E-state index contributed by atoms with van der Waals surface area (Å²) in [5.41, 5.74) is -0.545. The number of halogens is 3. The predicted molar refractivity (Wildman–Crippen MR) is 106 cm³/mol. The molecule has 0 radical (unpaired) electrons. The van der Waals surface area contributed by atoms with Crippen LogP contribution in [0.1, 0.15) is 59.4 Å². The van der Waals surface area contributed by atoms with Gasteiger partial charge in [-0.1, -0.05) is 0 Å².